The Balaban J connectivity index is 1.61. The predicted octanol–water partition coefficient (Wildman–Crippen LogP) is 4.05. The Hall–Kier alpha value is -1.64. The molecule has 0 saturated heterocycles. The third kappa shape index (κ3) is 3.34. The summed E-state index contributed by atoms with van der Waals surface area (Å²) >= 11 is 0. The summed E-state index contributed by atoms with van der Waals surface area (Å²) in [6, 6.07) is 8.14. The molecule has 1 heterocycles. The van der Waals surface area contributed by atoms with Gasteiger partial charge in [0.2, 0.25) is 0 Å². The van der Waals surface area contributed by atoms with E-state index in [1.165, 1.54) is 32.1 Å². The lowest BCUT2D eigenvalue weighted by molar-refractivity contribution is -0.118. The lowest BCUT2D eigenvalue weighted by atomic mass is 9.85. The fourth-order valence-corrected chi connectivity index (χ4v) is 3.54. The van der Waals surface area contributed by atoms with Crippen LogP contribution in [0.4, 0.5) is 0 Å². The average molecular weight is 284 g/mol. The van der Waals surface area contributed by atoms with Crippen LogP contribution in [0.2, 0.25) is 0 Å². The van der Waals surface area contributed by atoms with Gasteiger partial charge in [-0.25, -0.2) is 0 Å². The second-order valence-corrected chi connectivity index (χ2v) is 6.35. The molecule has 0 unspecified atom stereocenters. The first-order valence-corrected chi connectivity index (χ1v) is 8.16. The molecule has 1 aliphatic carbocycles. The lowest BCUT2D eigenvalue weighted by Crippen LogP contribution is -2.10. The van der Waals surface area contributed by atoms with Crippen LogP contribution in [0, 0.1) is 5.92 Å². The van der Waals surface area contributed by atoms with Crippen LogP contribution < -0.4 is 0 Å². The van der Waals surface area contributed by atoms with Crippen molar-refractivity contribution >= 4 is 16.7 Å². The number of hydrogen-bond donors (Lipinski definition) is 0. The van der Waals surface area contributed by atoms with Gasteiger partial charge >= 0.3 is 0 Å². The number of aryl methyl sites for hydroxylation is 1. The molecule has 1 saturated carbocycles. The Morgan fingerprint density at radius 2 is 2.00 bits per heavy atom. The van der Waals surface area contributed by atoms with Crippen molar-refractivity contribution in [2.75, 3.05) is 0 Å². The molecule has 3 rings (SSSR count). The molecule has 0 N–H and O–H groups in total. The summed E-state index contributed by atoms with van der Waals surface area (Å²) in [6.07, 6.45) is 8.99. The highest BCUT2D eigenvalue weighted by molar-refractivity contribution is 5.88. The van der Waals surface area contributed by atoms with E-state index in [4.69, 9.17) is 0 Å². The zero-order valence-electron chi connectivity index (χ0n) is 12.8. The smallest absolute Gasteiger partial charge is 0.138 e. The first kappa shape index (κ1) is 14.3. The Labute approximate surface area is 126 Å². The van der Waals surface area contributed by atoms with E-state index in [9.17, 15) is 4.79 Å². The Morgan fingerprint density at radius 1 is 1.24 bits per heavy atom. The van der Waals surface area contributed by atoms with Gasteiger partial charge in [0.25, 0.3) is 0 Å². The molecule has 3 nitrogen and oxygen atoms in total. The van der Waals surface area contributed by atoms with Gasteiger partial charge in [-0.1, -0.05) is 50.3 Å². The molecular weight excluding hydrogens is 260 g/mol. The van der Waals surface area contributed by atoms with Gasteiger partial charge in [-0.2, -0.15) is 5.10 Å². The van der Waals surface area contributed by atoms with Crippen molar-refractivity contribution in [1.29, 1.82) is 0 Å². The number of para-hydroxylation sites is 1. The Kier molecular flexibility index (Phi) is 4.37. The fourth-order valence-electron chi connectivity index (χ4n) is 3.54. The van der Waals surface area contributed by atoms with Gasteiger partial charge in [-0.15, -0.1) is 0 Å². The molecule has 112 valence electrons. The van der Waals surface area contributed by atoms with Gasteiger partial charge in [0.15, 0.2) is 0 Å². The second-order valence-electron chi connectivity index (χ2n) is 6.35. The molecule has 0 amide bonds. The number of Topliss-reactive ketones (excluding diaryl/α,β-unsaturated/α-hetero) is 1. The van der Waals surface area contributed by atoms with Gasteiger partial charge in [0, 0.05) is 18.9 Å². The van der Waals surface area contributed by atoms with Crippen LogP contribution in [-0.2, 0) is 18.3 Å². The van der Waals surface area contributed by atoms with E-state index in [0.717, 1.165) is 35.4 Å². The van der Waals surface area contributed by atoms with Gasteiger partial charge in [-0.3, -0.25) is 9.48 Å². The first-order valence-electron chi connectivity index (χ1n) is 8.16. The molecule has 0 bridgehead atoms. The van der Waals surface area contributed by atoms with E-state index < -0.39 is 0 Å². The molecule has 1 aliphatic rings. The monoisotopic (exact) mass is 284 g/mol. The third-order valence-electron chi connectivity index (χ3n) is 4.76. The number of ketones is 1. The molecule has 0 radical (unpaired) electrons. The number of nitrogens with zero attached hydrogens (tertiary/aromatic N) is 2. The summed E-state index contributed by atoms with van der Waals surface area (Å²) in [5, 5.41) is 5.64. The van der Waals surface area contributed by atoms with Crippen LogP contribution >= 0.6 is 0 Å². The number of carbonyl (C=O) groups is 1. The largest absolute Gasteiger partial charge is 0.299 e. The van der Waals surface area contributed by atoms with E-state index in [1.807, 2.05) is 23.9 Å². The summed E-state index contributed by atoms with van der Waals surface area (Å²) < 4.78 is 1.87. The van der Waals surface area contributed by atoms with Crippen LogP contribution in [-0.4, -0.2) is 15.6 Å². The van der Waals surface area contributed by atoms with E-state index in [0.29, 0.717) is 12.2 Å². The number of fused-ring (bicyclic) bond motifs is 1. The molecule has 21 heavy (non-hydrogen) atoms. The summed E-state index contributed by atoms with van der Waals surface area (Å²) in [5.74, 6) is 1.12. The van der Waals surface area contributed by atoms with Crippen molar-refractivity contribution in [1.82, 2.24) is 9.78 Å². The highest BCUT2D eigenvalue weighted by Gasteiger charge is 2.16. The van der Waals surface area contributed by atoms with E-state index in [2.05, 4.69) is 17.2 Å². The van der Waals surface area contributed by atoms with Crippen molar-refractivity contribution in [3.8, 4) is 0 Å². The van der Waals surface area contributed by atoms with Gasteiger partial charge in [0.05, 0.1) is 17.6 Å². The maximum Gasteiger partial charge on any atom is 0.138 e. The number of hydrogen-bond acceptors (Lipinski definition) is 2. The van der Waals surface area contributed by atoms with Crippen LogP contribution in [0.15, 0.2) is 24.3 Å². The van der Waals surface area contributed by atoms with Gasteiger partial charge in [-0.05, 0) is 18.4 Å². The number of rotatable bonds is 5. The topological polar surface area (TPSA) is 34.9 Å². The van der Waals surface area contributed by atoms with E-state index >= 15 is 0 Å². The maximum atomic E-state index is 12.3. The minimum Gasteiger partial charge on any atom is -0.299 e. The van der Waals surface area contributed by atoms with Crippen molar-refractivity contribution in [2.45, 2.75) is 51.4 Å². The van der Waals surface area contributed by atoms with Crippen molar-refractivity contribution < 1.29 is 4.79 Å². The van der Waals surface area contributed by atoms with Gasteiger partial charge in [0.1, 0.15) is 5.78 Å². The third-order valence-corrected chi connectivity index (χ3v) is 4.76. The van der Waals surface area contributed by atoms with Crippen molar-refractivity contribution in [2.24, 2.45) is 13.0 Å². The summed E-state index contributed by atoms with van der Waals surface area (Å²) in [7, 11) is 1.94. The molecule has 2 aromatic rings. The summed E-state index contributed by atoms with van der Waals surface area (Å²) in [6.45, 7) is 0. The number of aromatic nitrogens is 2. The quantitative estimate of drug-likeness (QED) is 0.830. The molecule has 3 heteroatoms. The second kappa shape index (κ2) is 6.42. The molecule has 0 spiro atoms. The van der Waals surface area contributed by atoms with E-state index in [1.54, 1.807) is 0 Å². The minimum atomic E-state index is 0.337. The molecule has 1 aromatic carbocycles. The zero-order chi connectivity index (χ0) is 14.7. The lowest BCUT2D eigenvalue weighted by Gasteiger charge is -2.20. The zero-order valence-corrected chi connectivity index (χ0v) is 12.8. The standard InChI is InChI=1S/C18H24N2O/c1-20-18-10-6-5-9-16(18)17(19-20)13-15(21)12-11-14-7-3-2-4-8-14/h5-6,9-10,14H,2-4,7-8,11-13H2,1H3. The first-order chi connectivity index (χ1) is 10.2. The van der Waals surface area contributed by atoms with E-state index in [-0.39, 0.29) is 0 Å². The SMILES string of the molecule is Cn1nc(CC(=O)CCC2CCCCC2)c2ccccc21. The normalized spacial score (nSPS) is 16.4. The highest BCUT2D eigenvalue weighted by atomic mass is 16.1. The maximum absolute atomic E-state index is 12.3. The molecule has 1 fully saturated rings. The Morgan fingerprint density at radius 3 is 2.81 bits per heavy atom. The summed E-state index contributed by atoms with van der Waals surface area (Å²) in [5.41, 5.74) is 2.04. The van der Waals surface area contributed by atoms with Crippen molar-refractivity contribution in [3.63, 3.8) is 0 Å². The summed E-state index contributed by atoms with van der Waals surface area (Å²) in [4.78, 5) is 12.3. The van der Waals surface area contributed by atoms with Gasteiger partial charge < -0.3 is 0 Å². The predicted molar refractivity (Wildman–Crippen MR) is 85.2 cm³/mol. The molecule has 0 atom stereocenters. The van der Waals surface area contributed by atoms with Crippen LogP contribution in [0.1, 0.15) is 50.6 Å². The van der Waals surface area contributed by atoms with Crippen LogP contribution in [0.25, 0.3) is 10.9 Å². The molecule has 0 aliphatic heterocycles. The minimum absolute atomic E-state index is 0.337. The number of carbonyl (C=O) groups excluding carboxylic acids is 1. The van der Waals surface area contributed by atoms with Crippen molar-refractivity contribution in [3.05, 3.63) is 30.0 Å². The van der Waals surface area contributed by atoms with Crippen LogP contribution in [0.5, 0.6) is 0 Å². The van der Waals surface area contributed by atoms with Crippen LogP contribution in [0.3, 0.4) is 0 Å². The molecular formula is C18H24N2O. The fraction of sp³-hybridized carbons (Fsp3) is 0.556. The molecule has 1 aromatic heterocycles. The highest BCUT2D eigenvalue weighted by Crippen LogP contribution is 2.27. The average Bonchev–Trinajstić information content (AvgIpc) is 2.83. The number of benzene rings is 1. The Bertz CT molecular complexity index is 623.